The molecule has 0 radical (unpaired) electrons. The average Bonchev–Trinajstić information content (AvgIpc) is 3.23. The second-order valence-corrected chi connectivity index (χ2v) is 6.75. The predicted octanol–water partition coefficient (Wildman–Crippen LogP) is 4.46. The summed E-state index contributed by atoms with van der Waals surface area (Å²) in [5.74, 6) is -0.677. The van der Waals surface area contributed by atoms with Crippen molar-refractivity contribution < 1.29 is 19.1 Å². The van der Waals surface area contributed by atoms with Crippen LogP contribution in [0.2, 0.25) is 0 Å². The summed E-state index contributed by atoms with van der Waals surface area (Å²) in [5.41, 5.74) is 1.51. The lowest BCUT2D eigenvalue weighted by Gasteiger charge is -2.11. The van der Waals surface area contributed by atoms with Crippen LogP contribution >= 0.6 is 0 Å². The third-order valence-corrected chi connectivity index (χ3v) is 4.76. The predicted molar refractivity (Wildman–Crippen MR) is 118 cm³/mol. The molecule has 0 atom stereocenters. The molecule has 31 heavy (non-hydrogen) atoms. The molecule has 0 unspecified atom stereocenters. The number of nitrogens with zero attached hydrogens (tertiary/aromatic N) is 2. The summed E-state index contributed by atoms with van der Waals surface area (Å²) in [6, 6.07) is 20.4. The number of benzene rings is 3. The first-order valence-electron chi connectivity index (χ1n) is 9.81. The van der Waals surface area contributed by atoms with Gasteiger partial charge in [0.05, 0.1) is 36.9 Å². The summed E-state index contributed by atoms with van der Waals surface area (Å²) in [7, 11) is 1.30. The Kier molecular flexibility index (Phi) is 5.66. The number of carbonyl (C=O) groups is 2. The number of hydrogen-bond donors (Lipinski definition) is 1. The highest BCUT2D eigenvalue weighted by Gasteiger charge is 2.22. The fourth-order valence-electron chi connectivity index (χ4n) is 3.29. The Morgan fingerprint density at radius 3 is 2.35 bits per heavy atom. The van der Waals surface area contributed by atoms with Gasteiger partial charge in [0, 0.05) is 0 Å². The minimum Gasteiger partial charge on any atom is -0.490 e. The van der Waals surface area contributed by atoms with Gasteiger partial charge in [-0.15, -0.1) is 0 Å². The lowest BCUT2D eigenvalue weighted by atomic mass is 10.0. The highest BCUT2D eigenvalue weighted by molar-refractivity contribution is 6.10. The third-order valence-electron chi connectivity index (χ3n) is 4.76. The van der Waals surface area contributed by atoms with E-state index in [1.54, 1.807) is 23.0 Å². The first-order valence-corrected chi connectivity index (χ1v) is 9.81. The van der Waals surface area contributed by atoms with Crippen LogP contribution in [-0.2, 0) is 4.74 Å². The van der Waals surface area contributed by atoms with Gasteiger partial charge in [0.25, 0.3) is 5.91 Å². The normalized spacial score (nSPS) is 10.6. The van der Waals surface area contributed by atoms with E-state index in [1.165, 1.54) is 7.11 Å². The van der Waals surface area contributed by atoms with Crippen molar-refractivity contribution in [1.29, 1.82) is 0 Å². The van der Waals surface area contributed by atoms with Crippen molar-refractivity contribution in [1.82, 2.24) is 9.78 Å². The summed E-state index contributed by atoms with van der Waals surface area (Å²) in [6.07, 6.45) is 1.66. The van der Waals surface area contributed by atoms with Crippen LogP contribution in [0.25, 0.3) is 16.5 Å². The van der Waals surface area contributed by atoms with E-state index in [1.807, 2.05) is 61.5 Å². The molecule has 4 rings (SSSR count). The highest BCUT2D eigenvalue weighted by Crippen LogP contribution is 2.27. The molecule has 156 valence electrons. The van der Waals surface area contributed by atoms with Crippen LogP contribution < -0.4 is 10.1 Å². The maximum Gasteiger partial charge on any atom is 0.339 e. The Hall–Kier alpha value is -4.13. The number of anilines is 1. The molecular formula is C24H21N3O4. The molecule has 0 saturated carbocycles. The Morgan fingerprint density at radius 1 is 1.00 bits per heavy atom. The number of carbonyl (C=O) groups excluding carboxylic acids is 2. The summed E-state index contributed by atoms with van der Waals surface area (Å²) in [4.78, 5) is 25.5. The van der Waals surface area contributed by atoms with Crippen LogP contribution in [0.4, 0.5) is 5.69 Å². The van der Waals surface area contributed by atoms with Crippen molar-refractivity contribution in [2.75, 3.05) is 19.0 Å². The second-order valence-electron chi connectivity index (χ2n) is 6.75. The van der Waals surface area contributed by atoms with Gasteiger partial charge in [-0.05, 0) is 42.0 Å². The third kappa shape index (κ3) is 4.11. The van der Waals surface area contributed by atoms with E-state index >= 15 is 0 Å². The topological polar surface area (TPSA) is 82.5 Å². The molecule has 0 aliphatic rings. The van der Waals surface area contributed by atoms with Gasteiger partial charge in [0.2, 0.25) is 0 Å². The fourth-order valence-corrected chi connectivity index (χ4v) is 3.29. The lowest BCUT2D eigenvalue weighted by Crippen LogP contribution is -2.17. The summed E-state index contributed by atoms with van der Waals surface area (Å²) in [6.45, 7) is 2.21. The number of nitrogens with one attached hydrogen (secondary N) is 1. The molecule has 0 saturated heterocycles. The number of ether oxygens (including phenoxy) is 2. The summed E-state index contributed by atoms with van der Waals surface area (Å²) in [5, 5.41) is 8.96. The average molecular weight is 415 g/mol. The van der Waals surface area contributed by atoms with Crippen LogP contribution in [0.5, 0.6) is 5.75 Å². The first kappa shape index (κ1) is 20.2. The quantitative estimate of drug-likeness (QED) is 0.470. The van der Waals surface area contributed by atoms with E-state index in [2.05, 4.69) is 10.4 Å². The first-order chi connectivity index (χ1) is 15.1. The van der Waals surface area contributed by atoms with Gasteiger partial charge in [0.15, 0.2) is 11.4 Å². The monoisotopic (exact) mass is 415 g/mol. The Balaban J connectivity index is 1.73. The standard InChI is InChI=1S/C24H21N3O4/c1-3-31-21-15-27(18-11-5-4-6-12-18)26-22(21)23(28)25-20-14-17-10-8-7-9-16(17)13-19(20)24(29)30-2/h4-15H,3H2,1-2H3,(H,25,28). The second kappa shape index (κ2) is 8.71. The van der Waals surface area contributed by atoms with E-state index in [0.29, 0.717) is 18.0 Å². The van der Waals surface area contributed by atoms with Crippen molar-refractivity contribution in [3.8, 4) is 11.4 Å². The zero-order valence-electron chi connectivity index (χ0n) is 17.2. The molecule has 3 aromatic carbocycles. The number of amides is 1. The minimum absolute atomic E-state index is 0.120. The number of para-hydroxylation sites is 1. The van der Waals surface area contributed by atoms with Gasteiger partial charge in [-0.1, -0.05) is 42.5 Å². The SMILES string of the molecule is CCOc1cn(-c2ccccc2)nc1C(=O)Nc1cc2ccccc2cc1C(=O)OC. The van der Waals surface area contributed by atoms with Gasteiger partial charge in [0.1, 0.15) is 0 Å². The summed E-state index contributed by atoms with van der Waals surface area (Å²) >= 11 is 0. The van der Waals surface area contributed by atoms with E-state index in [9.17, 15) is 9.59 Å². The number of esters is 1. The maximum atomic E-state index is 13.1. The molecule has 0 aliphatic heterocycles. The maximum absolute atomic E-state index is 13.1. The number of hydrogen-bond acceptors (Lipinski definition) is 5. The number of methoxy groups -OCH3 is 1. The zero-order valence-corrected chi connectivity index (χ0v) is 17.2. The zero-order chi connectivity index (χ0) is 21.8. The number of rotatable bonds is 6. The molecule has 4 aromatic rings. The Labute approximate surface area is 179 Å². The van der Waals surface area contributed by atoms with Crippen LogP contribution in [0.15, 0.2) is 72.9 Å². The molecule has 7 nitrogen and oxygen atoms in total. The Bertz CT molecular complexity index is 1250. The van der Waals surface area contributed by atoms with Crippen molar-refractivity contribution in [3.63, 3.8) is 0 Å². The van der Waals surface area contributed by atoms with Crippen molar-refractivity contribution >= 4 is 28.3 Å². The molecule has 0 spiro atoms. The fraction of sp³-hybridized carbons (Fsp3) is 0.125. The molecule has 1 N–H and O–H groups in total. The molecule has 1 aromatic heterocycles. The molecule has 7 heteroatoms. The van der Waals surface area contributed by atoms with E-state index in [4.69, 9.17) is 9.47 Å². The Morgan fingerprint density at radius 2 is 1.68 bits per heavy atom. The minimum atomic E-state index is -0.541. The van der Waals surface area contributed by atoms with Gasteiger partial charge in [-0.25, -0.2) is 9.48 Å². The van der Waals surface area contributed by atoms with E-state index in [0.717, 1.165) is 16.5 Å². The van der Waals surface area contributed by atoms with Crippen molar-refractivity contribution in [2.24, 2.45) is 0 Å². The molecule has 1 amide bonds. The van der Waals surface area contributed by atoms with E-state index in [-0.39, 0.29) is 11.3 Å². The smallest absolute Gasteiger partial charge is 0.339 e. The number of fused-ring (bicyclic) bond motifs is 1. The van der Waals surface area contributed by atoms with Crippen LogP contribution in [-0.4, -0.2) is 35.4 Å². The number of aromatic nitrogens is 2. The van der Waals surface area contributed by atoms with Gasteiger partial charge in [-0.3, -0.25) is 4.79 Å². The van der Waals surface area contributed by atoms with E-state index < -0.39 is 11.9 Å². The van der Waals surface area contributed by atoms with Gasteiger partial charge < -0.3 is 14.8 Å². The van der Waals surface area contributed by atoms with Crippen molar-refractivity contribution in [3.05, 3.63) is 84.2 Å². The molecule has 0 fully saturated rings. The van der Waals surface area contributed by atoms with Gasteiger partial charge >= 0.3 is 5.97 Å². The largest absolute Gasteiger partial charge is 0.490 e. The lowest BCUT2D eigenvalue weighted by molar-refractivity contribution is 0.0602. The molecule has 0 aliphatic carbocycles. The molecule has 1 heterocycles. The van der Waals surface area contributed by atoms with Crippen LogP contribution in [0.1, 0.15) is 27.8 Å². The van der Waals surface area contributed by atoms with Gasteiger partial charge in [-0.2, -0.15) is 5.10 Å². The summed E-state index contributed by atoms with van der Waals surface area (Å²) < 4.78 is 12.1. The highest BCUT2D eigenvalue weighted by atomic mass is 16.5. The molecular weight excluding hydrogens is 394 g/mol. The van der Waals surface area contributed by atoms with Crippen LogP contribution in [0, 0.1) is 0 Å². The van der Waals surface area contributed by atoms with Crippen LogP contribution in [0.3, 0.4) is 0 Å². The van der Waals surface area contributed by atoms with Crippen molar-refractivity contribution in [2.45, 2.75) is 6.92 Å². The molecule has 0 bridgehead atoms.